The highest BCUT2D eigenvalue weighted by atomic mass is 31.2. The highest BCUT2D eigenvalue weighted by Crippen LogP contribution is 2.64. The van der Waals surface area contributed by atoms with Gasteiger partial charge in [0.15, 0.2) is 5.16 Å². The first-order valence-corrected chi connectivity index (χ1v) is 18.5. The van der Waals surface area contributed by atoms with Crippen molar-refractivity contribution in [2.45, 2.75) is 117 Å². The molecule has 2 unspecified atom stereocenters. The predicted molar refractivity (Wildman–Crippen MR) is 185 cm³/mol. The lowest BCUT2D eigenvalue weighted by atomic mass is 9.98. The zero-order chi connectivity index (χ0) is 36.0. The molecule has 1 saturated heterocycles. The Labute approximate surface area is 285 Å². The fourth-order valence-corrected chi connectivity index (χ4v) is 8.61. The maximum Gasteiger partial charge on any atom is 0.419 e. The first kappa shape index (κ1) is 39.2. The van der Waals surface area contributed by atoms with Crippen molar-refractivity contribution in [1.82, 2.24) is 20.0 Å². The Balaban J connectivity index is 1.91. The lowest BCUT2D eigenvalue weighted by Gasteiger charge is -2.46. The molecule has 2 aromatic rings. The summed E-state index contributed by atoms with van der Waals surface area (Å²) in [5.74, 6) is -0.583. The van der Waals surface area contributed by atoms with E-state index in [0.717, 1.165) is 21.7 Å². The number of H-pyrrole nitrogens is 1. The van der Waals surface area contributed by atoms with Crippen molar-refractivity contribution >= 4 is 25.5 Å². The van der Waals surface area contributed by atoms with E-state index in [9.17, 15) is 18.9 Å². The second kappa shape index (κ2) is 15.6. The van der Waals surface area contributed by atoms with Gasteiger partial charge in [0.05, 0.1) is 18.5 Å². The molecule has 2 amide bonds. The van der Waals surface area contributed by atoms with Gasteiger partial charge in [-0.1, -0.05) is 30.3 Å². The van der Waals surface area contributed by atoms with Crippen LogP contribution < -0.4 is 0 Å². The molecule has 13 heteroatoms. The first-order chi connectivity index (χ1) is 22.2. The van der Waals surface area contributed by atoms with Crippen LogP contribution in [0.15, 0.2) is 36.5 Å². The van der Waals surface area contributed by atoms with Crippen LogP contribution >= 0.6 is 7.37 Å². The van der Waals surface area contributed by atoms with Crippen LogP contribution in [0.25, 0.3) is 11.1 Å². The summed E-state index contributed by atoms with van der Waals surface area (Å²) in [6.45, 7) is 18.6. The Kier molecular flexibility index (Phi) is 12.7. The standard InChI is InChI=1S/C35H55N4O8P/c1-11-44-48(43)22-21-38(24-28-27(23-36-37-28)26-17-13-12-14-18-26)25-35(48,29(40)45-32(2,3)4)19-15-16-20-39(30(41)46-33(5,6)7)31(42)47-34(8,9)10/h12-14,17-18,23H,11,15-16,19-22,24-25H2,1-10H3,(H,36,37). The molecule has 2 heterocycles. The smallest absolute Gasteiger partial charge is 0.419 e. The molecule has 0 spiro atoms. The normalized spacial score (nSPS) is 20.6. The Morgan fingerprint density at radius 3 is 2.04 bits per heavy atom. The molecule has 0 radical (unpaired) electrons. The van der Waals surface area contributed by atoms with Gasteiger partial charge in [0.1, 0.15) is 16.8 Å². The second-order valence-electron chi connectivity index (χ2n) is 15.3. The summed E-state index contributed by atoms with van der Waals surface area (Å²) in [7, 11) is -3.59. The lowest BCUT2D eigenvalue weighted by molar-refractivity contribution is -0.160. The van der Waals surface area contributed by atoms with Crippen molar-refractivity contribution in [3.8, 4) is 11.1 Å². The number of aromatic amines is 1. The molecular weight excluding hydrogens is 635 g/mol. The van der Waals surface area contributed by atoms with Crippen LogP contribution in [-0.2, 0) is 34.6 Å². The van der Waals surface area contributed by atoms with Gasteiger partial charge in [-0.25, -0.2) is 14.5 Å². The van der Waals surface area contributed by atoms with Gasteiger partial charge in [-0.2, -0.15) is 5.10 Å². The second-order valence-corrected chi connectivity index (χ2v) is 18.2. The van der Waals surface area contributed by atoms with Crippen molar-refractivity contribution in [1.29, 1.82) is 0 Å². The van der Waals surface area contributed by atoms with E-state index < -0.39 is 47.5 Å². The predicted octanol–water partition coefficient (Wildman–Crippen LogP) is 7.63. The van der Waals surface area contributed by atoms with Gasteiger partial charge in [-0.15, -0.1) is 0 Å². The summed E-state index contributed by atoms with van der Waals surface area (Å²) in [4.78, 5) is 43.4. The van der Waals surface area contributed by atoms with Crippen LogP contribution in [0, 0.1) is 0 Å². The molecule has 48 heavy (non-hydrogen) atoms. The van der Waals surface area contributed by atoms with E-state index >= 15 is 0 Å². The number of nitrogens with zero attached hydrogens (tertiary/aromatic N) is 3. The number of carbonyl (C=O) groups is 3. The average molecular weight is 691 g/mol. The van der Waals surface area contributed by atoms with Gasteiger partial charge in [0, 0.05) is 37.9 Å². The molecule has 0 aliphatic carbocycles. The molecular formula is C35H55N4O8P. The number of imide groups is 1. The van der Waals surface area contributed by atoms with E-state index in [2.05, 4.69) is 15.1 Å². The number of carbonyl (C=O) groups excluding carboxylic acids is 3. The third-order valence-corrected chi connectivity index (χ3v) is 10.9. The van der Waals surface area contributed by atoms with Crippen molar-refractivity contribution in [2.75, 3.05) is 32.4 Å². The van der Waals surface area contributed by atoms with Gasteiger partial charge >= 0.3 is 18.2 Å². The Bertz CT molecular complexity index is 1410. The number of esters is 1. The Morgan fingerprint density at radius 2 is 1.50 bits per heavy atom. The molecule has 1 aliphatic heterocycles. The number of ether oxygens (including phenoxy) is 3. The SMILES string of the molecule is CCOP1(=O)CCN(Cc2[nH]ncc2-c2ccccc2)CC1(CCCCN(C(=O)OC(C)(C)C)C(=O)OC(C)(C)C)C(=O)OC(C)(C)C. The zero-order valence-corrected chi connectivity index (χ0v) is 31.3. The van der Waals surface area contributed by atoms with Gasteiger partial charge in [-0.05, 0) is 94.1 Å². The number of hydrogen-bond acceptors (Lipinski definition) is 10. The van der Waals surface area contributed by atoms with Crippen LogP contribution in [0.4, 0.5) is 9.59 Å². The van der Waals surface area contributed by atoms with Crippen LogP contribution in [-0.4, -0.2) is 92.5 Å². The highest BCUT2D eigenvalue weighted by molar-refractivity contribution is 7.62. The average Bonchev–Trinajstić information content (AvgIpc) is 3.40. The van der Waals surface area contributed by atoms with Gasteiger partial charge in [-0.3, -0.25) is 19.4 Å². The minimum atomic E-state index is -3.59. The van der Waals surface area contributed by atoms with E-state index in [-0.39, 0.29) is 32.3 Å². The molecule has 1 fully saturated rings. The summed E-state index contributed by atoms with van der Waals surface area (Å²) in [5.41, 5.74) is 0.332. The number of benzene rings is 1. The summed E-state index contributed by atoms with van der Waals surface area (Å²) in [6, 6.07) is 9.90. The highest BCUT2D eigenvalue weighted by Gasteiger charge is 2.59. The summed E-state index contributed by atoms with van der Waals surface area (Å²) >= 11 is 0. The van der Waals surface area contributed by atoms with Gasteiger partial charge in [0.25, 0.3) is 0 Å². The number of unbranched alkanes of at least 4 members (excludes halogenated alkanes) is 1. The molecule has 1 aromatic heterocycles. The number of rotatable bonds is 11. The number of amides is 2. The van der Waals surface area contributed by atoms with Gasteiger partial charge < -0.3 is 18.7 Å². The third kappa shape index (κ3) is 10.6. The van der Waals surface area contributed by atoms with Crippen LogP contribution in [0.2, 0.25) is 0 Å². The van der Waals surface area contributed by atoms with Crippen molar-refractivity contribution in [2.24, 2.45) is 0 Å². The topological polar surface area (TPSA) is 140 Å². The molecule has 12 nitrogen and oxygen atoms in total. The number of aromatic nitrogens is 2. The Morgan fingerprint density at radius 1 is 0.917 bits per heavy atom. The zero-order valence-electron chi connectivity index (χ0n) is 30.4. The maximum absolute atomic E-state index is 14.8. The summed E-state index contributed by atoms with van der Waals surface area (Å²) < 4.78 is 37.8. The van der Waals surface area contributed by atoms with Gasteiger partial charge in [0.2, 0.25) is 7.37 Å². The molecule has 1 aliphatic rings. The van der Waals surface area contributed by atoms with Crippen molar-refractivity contribution < 1.29 is 37.7 Å². The molecule has 1 aromatic carbocycles. The van der Waals surface area contributed by atoms with Crippen LogP contribution in [0.5, 0.6) is 0 Å². The Hall–Kier alpha value is -3.21. The first-order valence-electron chi connectivity index (χ1n) is 16.7. The molecule has 3 rings (SSSR count). The third-order valence-electron chi connectivity index (χ3n) is 7.60. The largest absolute Gasteiger partial charge is 0.459 e. The van der Waals surface area contributed by atoms with Crippen molar-refractivity contribution in [3.63, 3.8) is 0 Å². The monoisotopic (exact) mass is 690 g/mol. The maximum atomic E-state index is 14.8. The lowest BCUT2D eigenvalue weighted by Crippen LogP contribution is -2.56. The van der Waals surface area contributed by atoms with E-state index in [0.29, 0.717) is 25.9 Å². The van der Waals surface area contributed by atoms with E-state index in [1.54, 1.807) is 75.4 Å². The fourth-order valence-electron chi connectivity index (χ4n) is 5.61. The van der Waals surface area contributed by atoms with E-state index in [4.69, 9.17) is 18.7 Å². The van der Waals surface area contributed by atoms with E-state index in [1.165, 1.54) is 0 Å². The number of hydrogen-bond donors (Lipinski definition) is 1. The minimum Gasteiger partial charge on any atom is -0.459 e. The van der Waals surface area contributed by atoms with E-state index in [1.807, 2.05) is 30.3 Å². The molecule has 268 valence electrons. The minimum absolute atomic E-state index is 0.0224. The summed E-state index contributed by atoms with van der Waals surface area (Å²) in [5, 5.41) is 5.92. The van der Waals surface area contributed by atoms with Crippen LogP contribution in [0.3, 0.4) is 0 Å². The summed E-state index contributed by atoms with van der Waals surface area (Å²) in [6.07, 6.45) is 1.09. The molecule has 1 N–H and O–H groups in total. The molecule has 0 bridgehead atoms. The van der Waals surface area contributed by atoms with Crippen LogP contribution in [0.1, 0.15) is 94.2 Å². The quantitative estimate of drug-likeness (QED) is 0.108. The van der Waals surface area contributed by atoms with Crippen molar-refractivity contribution in [3.05, 3.63) is 42.2 Å². The molecule has 0 saturated carbocycles. The molecule has 2 atom stereocenters. The fraction of sp³-hybridized carbons (Fsp3) is 0.657. The number of nitrogens with one attached hydrogen (secondary N) is 1.